The second kappa shape index (κ2) is 4.35. The molecule has 1 aliphatic heterocycles. The van der Waals surface area contributed by atoms with Gasteiger partial charge in [0.1, 0.15) is 0 Å². The Morgan fingerprint density at radius 1 is 1.41 bits per heavy atom. The quantitative estimate of drug-likeness (QED) is 0.658. The van der Waals surface area contributed by atoms with Gasteiger partial charge in [0, 0.05) is 12.3 Å². The second-order valence-electron chi connectivity index (χ2n) is 5.86. The van der Waals surface area contributed by atoms with Gasteiger partial charge in [-0.15, -0.1) is 0 Å². The first kappa shape index (κ1) is 12.5. The zero-order chi connectivity index (χ0) is 12.6. The van der Waals surface area contributed by atoms with E-state index in [1.807, 2.05) is 0 Å². The maximum absolute atomic E-state index is 11.8. The molecule has 0 amide bonds. The highest BCUT2D eigenvalue weighted by Gasteiger charge is 2.50. The molecule has 1 spiro atoms. The molecule has 0 aromatic rings. The van der Waals surface area contributed by atoms with E-state index in [-0.39, 0.29) is 5.97 Å². The molecule has 1 aliphatic carbocycles. The van der Waals surface area contributed by atoms with Crippen molar-refractivity contribution in [3.63, 3.8) is 0 Å². The number of hydrogen-bond acceptors (Lipinski definition) is 3. The van der Waals surface area contributed by atoms with E-state index in [9.17, 15) is 4.79 Å². The van der Waals surface area contributed by atoms with Crippen molar-refractivity contribution in [3.8, 4) is 0 Å². The third-order valence-electron chi connectivity index (χ3n) is 4.00. The Kier molecular flexibility index (Phi) is 3.19. The van der Waals surface area contributed by atoms with E-state index in [4.69, 9.17) is 9.47 Å². The smallest absolute Gasteiger partial charge is 0.340 e. The van der Waals surface area contributed by atoms with Crippen LogP contribution in [-0.4, -0.2) is 11.8 Å². The molecule has 0 aromatic heterocycles. The minimum atomic E-state index is -0.706. The molecular weight excluding hydrogens is 216 g/mol. The maximum Gasteiger partial charge on any atom is 0.340 e. The monoisotopic (exact) mass is 238 g/mol. The predicted molar refractivity (Wildman–Crippen MR) is 65.0 cm³/mol. The fraction of sp³-hybridized carbons (Fsp3) is 0.786. The summed E-state index contributed by atoms with van der Waals surface area (Å²) in [5, 5.41) is 0. The van der Waals surface area contributed by atoms with Crippen LogP contribution in [0.25, 0.3) is 0 Å². The van der Waals surface area contributed by atoms with Gasteiger partial charge in [0.25, 0.3) is 5.79 Å². The van der Waals surface area contributed by atoms with Crippen molar-refractivity contribution in [1.29, 1.82) is 0 Å². The molecule has 0 unspecified atom stereocenters. The lowest BCUT2D eigenvalue weighted by Gasteiger charge is -2.47. The molecule has 2 aliphatic rings. The summed E-state index contributed by atoms with van der Waals surface area (Å²) in [5.41, 5.74) is 0.552. The van der Waals surface area contributed by atoms with Crippen molar-refractivity contribution in [3.05, 3.63) is 11.8 Å². The van der Waals surface area contributed by atoms with Crippen LogP contribution in [0.3, 0.4) is 0 Å². The van der Waals surface area contributed by atoms with Gasteiger partial charge in [-0.3, -0.25) is 0 Å². The van der Waals surface area contributed by atoms with Crippen LogP contribution < -0.4 is 0 Å². The van der Waals surface area contributed by atoms with Crippen LogP contribution >= 0.6 is 0 Å². The Balaban J connectivity index is 2.28. The summed E-state index contributed by atoms with van der Waals surface area (Å²) in [5.74, 6) is 0.373. The van der Waals surface area contributed by atoms with Gasteiger partial charge in [0.2, 0.25) is 0 Å². The van der Waals surface area contributed by atoms with Gasteiger partial charge in [0.15, 0.2) is 0 Å². The lowest BCUT2D eigenvalue weighted by Crippen LogP contribution is -2.51. The molecule has 0 radical (unpaired) electrons. The Morgan fingerprint density at radius 3 is 2.71 bits per heavy atom. The van der Waals surface area contributed by atoms with Crippen LogP contribution in [0.2, 0.25) is 0 Å². The molecular formula is C14H22O3. The normalized spacial score (nSPS) is 37.7. The lowest BCUT2D eigenvalue weighted by molar-refractivity contribution is -0.263. The summed E-state index contributed by atoms with van der Waals surface area (Å²) in [6.07, 6.45) is 4.65. The molecule has 96 valence electrons. The number of ether oxygens (including phenoxy) is 2. The zero-order valence-corrected chi connectivity index (χ0v) is 11.2. The molecule has 1 fully saturated rings. The van der Waals surface area contributed by atoms with Crippen LogP contribution in [0, 0.1) is 17.8 Å². The molecule has 0 aromatic carbocycles. The number of hydrogen-bond donors (Lipinski definition) is 0. The number of carbonyl (C=O) groups is 1. The second-order valence-corrected chi connectivity index (χ2v) is 5.86. The van der Waals surface area contributed by atoms with Gasteiger partial charge in [-0.05, 0) is 31.6 Å². The molecule has 17 heavy (non-hydrogen) atoms. The van der Waals surface area contributed by atoms with Crippen molar-refractivity contribution in [2.24, 2.45) is 17.8 Å². The third-order valence-corrected chi connectivity index (χ3v) is 4.00. The van der Waals surface area contributed by atoms with E-state index >= 15 is 0 Å². The highest BCUT2D eigenvalue weighted by Crippen LogP contribution is 2.46. The largest absolute Gasteiger partial charge is 0.459 e. The fourth-order valence-electron chi connectivity index (χ4n) is 3.01. The maximum atomic E-state index is 11.8. The first-order valence-electron chi connectivity index (χ1n) is 6.52. The van der Waals surface area contributed by atoms with Crippen LogP contribution in [0.1, 0.15) is 47.0 Å². The summed E-state index contributed by atoms with van der Waals surface area (Å²) < 4.78 is 11.5. The van der Waals surface area contributed by atoms with Gasteiger partial charge < -0.3 is 9.47 Å². The molecule has 0 N–H and O–H groups in total. The Bertz CT molecular complexity index is 345. The minimum Gasteiger partial charge on any atom is -0.459 e. The van der Waals surface area contributed by atoms with E-state index in [1.165, 1.54) is 6.42 Å². The first-order valence-corrected chi connectivity index (χ1v) is 6.52. The Hall–Kier alpha value is -0.990. The van der Waals surface area contributed by atoms with Crippen LogP contribution in [0.4, 0.5) is 0 Å². The average molecular weight is 238 g/mol. The lowest BCUT2D eigenvalue weighted by atomic mass is 9.72. The van der Waals surface area contributed by atoms with Crippen molar-refractivity contribution in [2.45, 2.75) is 52.7 Å². The number of carbonyl (C=O) groups excluding carboxylic acids is 1. The van der Waals surface area contributed by atoms with Gasteiger partial charge >= 0.3 is 5.97 Å². The molecule has 1 heterocycles. The van der Waals surface area contributed by atoms with E-state index in [0.717, 1.165) is 12.8 Å². The molecule has 3 nitrogen and oxygen atoms in total. The number of esters is 1. The summed E-state index contributed by atoms with van der Waals surface area (Å²) in [6, 6.07) is 0. The highest BCUT2D eigenvalue weighted by molar-refractivity contribution is 5.88. The van der Waals surface area contributed by atoms with Gasteiger partial charge in [0.05, 0.1) is 11.8 Å². The van der Waals surface area contributed by atoms with Crippen molar-refractivity contribution < 1.29 is 14.3 Å². The molecule has 1 saturated carbocycles. The average Bonchev–Trinajstić information content (AvgIpc) is 2.23. The number of rotatable bonds is 1. The van der Waals surface area contributed by atoms with Crippen LogP contribution in [0.5, 0.6) is 0 Å². The van der Waals surface area contributed by atoms with Crippen molar-refractivity contribution in [2.75, 3.05) is 0 Å². The summed E-state index contributed by atoms with van der Waals surface area (Å²) in [7, 11) is 0. The SMILES string of the molecule is CC1=CO[C@@]2(C[C@H](C)CC[C@H]2C(C)C)OC1=O. The van der Waals surface area contributed by atoms with E-state index in [1.54, 1.807) is 13.2 Å². The van der Waals surface area contributed by atoms with Crippen LogP contribution in [0.15, 0.2) is 11.8 Å². The topological polar surface area (TPSA) is 35.5 Å². The van der Waals surface area contributed by atoms with Gasteiger partial charge in [-0.1, -0.05) is 20.8 Å². The molecule has 3 atom stereocenters. The summed E-state index contributed by atoms with van der Waals surface area (Å²) in [6.45, 7) is 8.27. The third kappa shape index (κ3) is 2.20. The first-order chi connectivity index (χ1) is 7.94. The van der Waals surface area contributed by atoms with Gasteiger partial charge in [-0.25, -0.2) is 4.79 Å². The Labute approximate surface area is 103 Å². The van der Waals surface area contributed by atoms with E-state index in [0.29, 0.717) is 23.3 Å². The van der Waals surface area contributed by atoms with E-state index in [2.05, 4.69) is 20.8 Å². The van der Waals surface area contributed by atoms with Gasteiger partial charge in [-0.2, -0.15) is 0 Å². The zero-order valence-electron chi connectivity index (χ0n) is 11.2. The molecule has 3 heteroatoms. The highest BCUT2D eigenvalue weighted by atomic mass is 16.7. The molecule has 0 saturated heterocycles. The molecule has 2 rings (SSSR count). The molecule has 0 bridgehead atoms. The van der Waals surface area contributed by atoms with Crippen LogP contribution in [-0.2, 0) is 14.3 Å². The standard InChI is InChI=1S/C14H22O3/c1-9(2)12-6-5-10(3)7-14(12)16-8-11(4)13(15)17-14/h8-10,12H,5-7H2,1-4H3/t10-,12+,14+/m1/s1. The van der Waals surface area contributed by atoms with Crippen molar-refractivity contribution in [1.82, 2.24) is 0 Å². The minimum absolute atomic E-state index is 0.226. The summed E-state index contributed by atoms with van der Waals surface area (Å²) >= 11 is 0. The predicted octanol–water partition coefficient (Wildman–Crippen LogP) is 3.25. The van der Waals surface area contributed by atoms with E-state index < -0.39 is 5.79 Å². The fourth-order valence-corrected chi connectivity index (χ4v) is 3.01. The Morgan fingerprint density at radius 2 is 2.12 bits per heavy atom. The summed E-state index contributed by atoms with van der Waals surface area (Å²) in [4.78, 5) is 11.8. The van der Waals surface area contributed by atoms with Crippen molar-refractivity contribution >= 4 is 5.97 Å².